The largest absolute Gasteiger partial charge is 0.314 e. The third-order valence-electron chi connectivity index (χ3n) is 3.38. The highest BCUT2D eigenvalue weighted by Gasteiger charge is 2.20. The summed E-state index contributed by atoms with van der Waals surface area (Å²) < 4.78 is 0. The number of nitrogens with one attached hydrogen (secondary N) is 1. The van der Waals surface area contributed by atoms with Crippen LogP contribution in [0.4, 0.5) is 0 Å². The van der Waals surface area contributed by atoms with Gasteiger partial charge in [0.15, 0.2) is 0 Å². The molecule has 1 fully saturated rings. The first-order valence-corrected chi connectivity index (χ1v) is 7.83. The third-order valence-corrected chi connectivity index (χ3v) is 4.37. The molecule has 1 aliphatic carbocycles. The van der Waals surface area contributed by atoms with E-state index in [9.17, 15) is 0 Å². The van der Waals surface area contributed by atoms with Crippen molar-refractivity contribution >= 4 is 11.8 Å². The van der Waals surface area contributed by atoms with Gasteiger partial charge in [0.25, 0.3) is 0 Å². The van der Waals surface area contributed by atoms with Crippen LogP contribution in [0.1, 0.15) is 52.4 Å². The van der Waals surface area contributed by atoms with Gasteiger partial charge in [0, 0.05) is 6.04 Å². The summed E-state index contributed by atoms with van der Waals surface area (Å²) in [4.78, 5) is 0. The molecule has 0 aromatic heterocycles. The summed E-state index contributed by atoms with van der Waals surface area (Å²) in [5.41, 5.74) is 0. The highest BCUT2D eigenvalue weighted by molar-refractivity contribution is 7.99. The lowest BCUT2D eigenvalue weighted by molar-refractivity contribution is 0.275. The highest BCUT2D eigenvalue weighted by Crippen LogP contribution is 2.28. The van der Waals surface area contributed by atoms with E-state index in [1.807, 2.05) is 0 Å². The highest BCUT2D eigenvalue weighted by atomic mass is 32.2. The van der Waals surface area contributed by atoms with E-state index in [0.29, 0.717) is 0 Å². The Labute approximate surface area is 99.8 Å². The molecule has 0 amide bonds. The SMILES string of the molecule is CCNC1CCCC(CCCSCC)C1. The average Bonchev–Trinajstić information content (AvgIpc) is 2.26. The monoisotopic (exact) mass is 229 g/mol. The van der Waals surface area contributed by atoms with Crippen LogP contribution in [-0.4, -0.2) is 24.1 Å². The maximum atomic E-state index is 3.61. The molecular weight excluding hydrogens is 202 g/mol. The molecule has 0 bridgehead atoms. The van der Waals surface area contributed by atoms with Gasteiger partial charge < -0.3 is 5.32 Å². The molecule has 15 heavy (non-hydrogen) atoms. The summed E-state index contributed by atoms with van der Waals surface area (Å²) in [5.74, 6) is 3.67. The molecule has 1 rings (SSSR count). The molecule has 0 aromatic rings. The Morgan fingerprint density at radius 1 is 1.27 bits per heavy atom. The third kappa shape index (κ3) is 5.82. The first-order chi connectivity index (χ1) is 7.36. The molecule has 1 nitrogen and oxygen atoms in total. The van der Waals surface area contributed by atoms with E-state index in [1.165, 1.54) is 50.0 Å². The van der Waals surface area contributed by atoms with E-state index >= 15 is 0 Å². The number of hydrogen-bond donors (Lipinski definition) is 1. The van der Waals surface area contributed by atoms with Crippen molar-refractivity contribution in [1.82, 2.24) is 5.32 Å². The van der Waals surface area contributed by atoms with Gasteiger partial charge in [-0.05, 0) is 49.7 Å². The van der Waals surface area contributed by atoms with E-state index < -0.39 is 0 Å². The van der Waals surface area contributed by atoms with Crippen LogP contribution < -0.4 is 5.32 Å². The fourth-order valence-electron chi connectivity index (χ4n) is 2.65. The first kappa shape index (κ1) is 13.4. The summed E-state index contributed by atoms with van der Waals surface area (Å²) in [6, 6.07) is 0.826. The fourth-order valence-corrected chi connectivity index (χ4v) is 3.31. The van der Waals surface area contributed by atoms with Gasteiger partial charge in [-0.15, -0.1) is 0 Å². The Hall–Kier alpha value is 0.310. The van der Waals surface area contributed by atoms with Crippen LogP contribution in [0.2, 0.25) is 0 Å². The lowest BCUT2D eigenvalue weighted by Crippen LogP contribution is -2.33. The normalized spacial score (nSPS) is 26.8. The number of rotatable bonds is 7. The van der Waals surface area contributed by atoms with E-state index in [1.54, 1.807) is 0 Å². The molecule has 0 aliphatic heterocycles. The zero-order valence-electron chi connectivity index (χ0n) is 10.4. The molecule has 90 valence electrons. The molecule has 1 aliphatic rings. The molecule has 0 spiro atoms. The predicted molar refractivity (Wildman–Crippen MR) is 71.7 cm³/mol. The van der Waals surface area contributed by atoms with Crippen LogP contribution in [0.3, 0.4) is 0 Å². The molecule has 2 unspecified atom stereocenters. The Bertz CT molecular complexity index is 147. The fraction of sp³-hybridized carbons (Fsp3) is 1.00. The number of thioether (sulfide) groups is 1. The smallest absolute Gasteiger partial charge is 0.00695 e. The molecule has 0 saturated heterocycles. The van der Waals surface area contributed by atoms with Crippen LogP contribution in [-0.2, 0) is 0 Å². The van der Waals surface area contributed by atoms with E-state index in [-0.39, 0.29) is 0 Å². The van der Waals surface area contributed by atoms with E-state index in [4.69, 9.17) is 0 Å². The maximum absolute atomic E-state index is 3.61. The van der Waals surface area contributed by atoms with Crippen molar-refractivity contribution in [2.75, 3.05) is 18.1 Å². The summed E-state index contributed by atoms with van der Waals surface area (Å²) in [6.45, 7) is 5.62. The standard InChI is InChI=1S/C13H27NS/c1-3-14-13-9-5-7-12(11-13)8-6-10-15-4-2/h12-14H,3-11H2,1-2H3. The van der Waals surface area contributed by atoms with Crippen molar-refractivity contribution in [1.29, 1.82) is 0 Å². The van der Waals surface area contributed by atoms with Gasteiger partial charge in [-0.1, -0.05) is 26.7 Å². The quantitative estimate of drug-likeness (QED) is 0.668. The van der Waals surface area contributed by atoms with Crippen LogP contribution in [0, 0.1) is 5.92 Å². The van der Waals surface area contributed by atoms with Gasteiger partial charge in [-0.2, -0.15) is 11.8 Å². The van der Waals surface area contributed by atoms with Crippen molar-refractivity contribution in [3.8, 4) is 0 Å². The van der Waals surface area contributed by atoms with Gasteiger partial charge in [-0.3, -0.25) is 0 Å². The van der Waals surface area contributed by atoms with Crippen LogP contribution in [0.15, 0.2) is 0 Å². The minimum absolute atomic E-state index is 0.826. The van der Waals surface area contributed by atoms with Crippen molar-refractivity contribution in [2.24, 2.45) is 5.92 Å². The summed E-state index contributed by atoms with van der Waals surface area (Å²) in [7, 11) is 0. The summed E-state index contributed by atoms with van der Waals surface area (Å²) in [6.07, 6.45) is 8.68. The van der Waals surface area contributed by atoms with E-state index in [0.717, 1.165) is 18.5 Å². The minimum Gasteiger partial charge on any atom is -0.314 e. The van der Waals surface area contributed by atoms with Gasteiger partial charge in [0.2, 0.25) is 0 Å². The lowest BCUT2D eigenvalue weighted by atomic mass is 9.83. The molecule has 0 aromatic carbocycles. The molecule has 2 atom stereocenters. The molecule has 0 radical (unpaired) electrons. The van der Waals surface area contributed by atoms with Crippen molar-refractivity contribution in [3.05, 3.63) is 0 Å². The molecule has 1 N–H and O–H groups in total. The van der Waals surface area contributed by atoms with Gasteiger partial charge in [0.1, 0.15) is 0 Å². The predicted octanol–water partition coefficient (Wildman–Crippen LogP) is 3.69. The summed E-state index contributed by atoms with van der Waals surface area (Å²) >= 11 is 2.09. The van der Waals surface area contributed by atoms with Gasteiger partial charge >= 0.3 is 0 Å². The van der Waals surface area contributed by atoms with Crippen molar-refractivity contribution in [3.63, 3.8) is 0 Å². The first-order valence-electron chi connectivity index (χ1n) is 6.68. The van der Waals surface area contributed by atoms with Gasteiger partial charge in [0.05, 0.1) is 0 Å². The second kappa shape index (κ2) is 8.46. The van der Waals surface area contributed by atoms with Crippen LogP contribution in [0.5, 0.6) is 0 Å². The Balaban J connectivity index is 2.07. The number of hydrogen-bond acceptors (Lipinski definition) is 2. The second-order valence-corrected chi connectivity index (χ2v) is 6.02. The van der Waals surface area contributed by atoms with Crippen molar-refractivity contribution in [2.45, 2.75) is 58.4 Å². The second-order valence-electron chi connectivity index (χ2n) is 4.63. The Kier molecular flexibility index (Phi) is 7.54. The molecule has 0 heterocycles. The zero-order valence-corrected chi connectivity index (χ0v) is 11.2. The van der Waals surface area contributed by atoms with Crippen LogP contribution in [0.25, 0.3) is 0 Å². The Morgan fingerprint density at radius 2 is 2.13 bits per heavy atom. The maximum Gasteiger partial charge on any atom is 0.00695 e. The van der Waals surface area contributed by atoms with Crippen molar-refractivity contribution < 1.29 is 0 Å². The molecule has 2 heteroatoms. The summed E-state index contributed by atoms with van der Waals surface area (Å²) in [5, 5.41) is 3.61. The topological polar surface area (TPSA) is 12.0 Å². The van der Waals surface area contributed by atoms with Gasteiger partial charge in [-0.25, -0.2) is 0 Å². The zero-order chi connectivity index (χ0) is 10.9. The average molecular weight is 229 g/mol. The molecule has 1 saturated carbocycles. The van der Waals surface area contributed by atoms with E-state index in [2.05, 4.69) is 30.9 Å². The molecular formula is C13H27NS. The minimum atomic E-state index is 0.826. The lowest BCUT2D eigenvalue weighted by Gasteiger charge is -2.29. The van der Waals surface area contributed by atoms with Crippen LogP contribution >= 0.6 is 11.8 Å². The Morgan fingerprint density at radius 3 is 2.87 bits per heavy atom.